The third kappa shape index (κ3) is 10.3. The van der Waals surface area contributed by atoms with Crippen molar-refractivity contribution in [2.24, 2.45) is 0 Å². The van der Waals surface area contributed by atoms with Crippen LogP contribution in [0.4, 0.5) is 15.5 Å². The topological polar surface area (TPSA) is 112 Å². The number of amides is 2. The molecule has 0 aliphatic heterocycles. The Kier molecular flexibility index (Phi) is 15.1. The minimum Gasteiger partial charge on any atom is -0.453 e. The summed E-state index contributed by atoms with van der Waals surface area (Å²) in [4.78, 5) is 27.9. The van der Waals surface area contributed by atoms with E-state index in [2.05, 4.69) is 34.2 Å². The molecule has 0 unspecified atom stereocenters. The zero-order valence-electron chi connectivity index (χ0n) is 20.7. The first-order valence-electron chi connectivity index (χ1n) is 11.5. The van der Waals surface area contributed by atoms with Gasteiger partial charge in [0.15, 0.2) is 0 Å². The molecule has 0 atom stereocenters. The Morgan fingerprint density at radius 3 is 2.26 bits per heavy atom. The molecular formula is C22H37N4O5PS2. The second-order valence-corrected chi connectivity index (χ2v) is 14.6. The molecule has 192 valence electrons. The number of benzene rings is 1. The fraction of sp³-hybridized carbons (Fsp3) is 0.591. The van der Waals surface area contributed by atoms with Crippen LogP contribution in [0.3, 0.4) is 0 Å². The molecule has 0 radical (unpaired) electrons. The lowest BCUT2D eigenvalue weighted by atomic mass is 10.3. The quantitative estimate of drug-likeness (QED) is 0.222. The molecule has 2 rings (SSSR count). The highest BCUT2D eigenvalue weighted by molar-refractivity contribution is 8.89. The zero-order valence-corrected chi connectivity index (χ0v) is 23.2. The first-order valence-corrected chi connectivity index (χ1v) is 16.3. The number of carbonyl (C=O) groups excluding carboxylic acids is 2. The normalized spacial score (nSPS) is 11.0. The molecule has 34 heavy (non-hydrogen) atoms. The molecule has 0 saturated carbocycles. The number of methoxy groups -OCH3 is 1. The van der Waals surface area contributed by atoms with Crippen molar-refractivity contribution < 1.29 is 23.4 Å². The Bertz CT molecular complexity index is 929. The molecule has 1 aromatic heterocycles. The van der Waals surface area contributed by atoms with Gasteiger partial charge < -0.3 is 14.6 Å². The van der Waals surface area contributed by atoms with Crippen molar-refractivity contribution >= 4 is 57.6 Å². The molecule has 0 fully saturated rings. The lowest BCUT2D eigenvalue weighted by Crippen LogP contribution is -2.31. The van der Waals surface area contributed by atoms with Gasteiger partial charge in [-0.2, -0.15) is 0 Å². The number of nitrogens with one attached hydrogen (secondary N) is 2. The maximum absolute atomic E-state index is 12.3. The van der Waals surface area contributed by atoms with Gasteiger partial charge in [-0.1, -0.05) is 62.1 Å². The smallest absolute Gasteiger partial charge is 0.413 e. The number of anilines is 1. The summed E-state index contributed by atoms with van der Waals surface area (Å²) in [5.41, 5.74) is 1.24. The lowest BCUT2D eigenvalue weighted by Gasteiger charge is -2.14. The number of nitrogens with zero attached hydrogens (tertiary/aromatic N) is 2. The number of aromatic nitrogens is 2. The van der Waals surface area contributed by atoms with Crippen LogP contribution in [0.5, 0.6) is 0 Å². The van der Waals surface area contributed by atoms with Crippen molar-refractivity contribution in [3.8, 4) is 0 Å². The van der Waals surface area contributed by atoms with E-state index < -0.39 is 11.9 Å². The van der Waals surface area contributed by atoms with Crippen LogP contribution in [-0.2, 0) is 13.8 Å². The van der Waals surface area contributed by atoms with Crippen LogP contribution >= 0.6 is 28.5 Å². The number of unbranched alkanes of at least 4 members (excludes halogenated alkanes) is 1. The number of imidazole rings is 1. The van der Waals surface area contributed by atoms with Crippen molar-refractivity contribution in [1.29, 1.82) is 0 Å². The van der Waals surface area contributed by atoms with Crippen molar-refractivity contribution in [1.82, 2.24) is 14.9 Å². The third-order valence-electron chi connectivity index (χ3n) is 4.16. The zero-order chi connectivity index (χ0) is 25.4. The second-order valence-electron chi connectivity index (χ2n) is 6.99. The molecule has 9 nitrogen and oxygen atoms in total. The predicted molar refractivity (Wildman–Crippen MR) is 144 cm³/mol. The highest BCUT2D eigenvalue weighted by Gasteiger charge is 2.23. The molecule has 1 heterocycles. The van der Waals surface area contributed by atoms with E-state index in [0.717, 1.165) is 37.2 Å². The van der Waals surface area contributed by atoms with Crippen molar-refractivity contribution in [2.75, 3.05) is 37.1 Å². The fourth-order valence-corrected chi connectivity index (χ4v) is 9.69. The lowest BCUT2D eigenvalue weighted by molar-refractivity contribution is 0.186. The average molecular weight is 533 g/mol. The first-order chi connectivity index (χ1) is 16.4. The Morgan fingerprint density at radius 1 is 1.06 bits per heavy atom. The van der Waals surface area contributed by atoms with E-state index in [-0.39, 0.29) is 12.0 Å². The first kappa shape index (κ1) is 30.4. The molecule has 0 aliphatic rings. The van der Waals surface area contributed by atoms with E-state index in [4.69, 9.17) is 4.52 Å². The average Bonchev–Trinajstić information content (AvgIpc) is 3.20. The summed E-state index contributed by atoms with van der Waals surface area (Å²) in [6, 6.07) is 6.83. The van der Waals surface area contributed by atoms with Gasteiger partial charge in [0, 0.05) is 18.1 Å². The molecule has 2 amide bonds. The van der Waals surface area contributed by atoms with Gasteiger partial charge in [-0.25, -0.2) is 19.1 Å². The van der Waals surface area contributed by atoms with E-state index in [1.165, 1.54) is 34.4 Å². The van der Waals surface area contributed by atoms with Crippen molar-refractivity contribution in [3.63, 3.8) is 0 Å². The van der Waals surface area contributed by atoms with Crippen molar-refractivity contribution in [2.45, 2.75) is 53.4 Å². The SMILES string of the molecule is CCCCNC(=O)n1c(NC(=O)OC)nc2ccccc21.CCCSP(=O)(OCC)SCCC. The minimum absolute atomic E-state index is 0.136. The molecule has 2 aromatic rings. The molecule has 0 saturated heterocycles. The Balaban J connectivity index is 0.000000385. The highest BCUT2D eigenvalue weighted by atomic mass is 33.1. The number of carbonyl (C=O) groups is 2. The van der Waals surface area contributed by atoms with Crippen LogP contribution in [-0.4, -0.2) is 53.4 Å². The van der Waals surface area contributed by atoms with Crippen LogP contribution in [0, 0.1) is 0 Å². The van der Waals surface area contributed by atoms with E-state index in [0.29, 0.717) is 24.2 Å². The Hall–Kier alpha value is -1.68. The van der Waals surface area contributed by atoms with Gasteiger partial charge in [0.2, 0.25) is 5.95 Å². The third-order valence-corrected chi connectivity index (χ3v) is 12.1. The number of hydrogen-bond donors (Lipinski definition) is 2. The predicted octanol–water partition coefficient (Wildman–Crippen LogP) is 6.99. The number of hydrogen-bond acceptors (Lipinski definition) is 8. The molecular weight excluding hydrogens is 495 g/mol. The number of rotatable bonds is 12. The number of fused-ring (bicyclic) bond motifs is 1. The molecule has 0 spiro atoms. The number of ether oxygens (including phenoxy) is 1. The molecule has 0 bridgehead atoms. The van der Waals surface area contributed by atoms with Crippen LogP contribution in [0.1, 0.15) is 53.4 Å². The maximum atomic E-state index is 12.3. The van der Waals surface area contributed by atoms with Gasteiger partial charge >= 0.3 is 17.9 Å². The summed E-state index contributed by atoms with van der Waals surface area (Å²) in [6.07, 6.45) is 3.30. The van der Waals surface area contributed by atoms with Gasteiger partial charge in [0.05, 0.1) is 24.8 Å². The largest absolute Gasteiger partial charge is 0.453 e. The molecule has 2 N–H and O–H groups in total. The summed E-state index contributed by atoms with van der Waals surface area (Å²) >= 11 is 2.97. The summed E-state index contributed by atoms with van der Waals surface area (Å²) in [7, 11) is 1.25. The van der Waals surface area contributed by atoms with E-state index in [1.807, 2.05) is 26.0 Å². The van der Waals surface area contributed by atoms with Crippen molar-refractivity contribution in [3.05, 3.63) is 24.3 Å². The van der Waals surface area contributed by atoms with Gasteiger partial charge in [-0.05, 0) is 38.3 Å². The van der Waals surface area contributed by atoms with Crippen LogP contribution in [0.15, 0.2) is 24.3 Å². The monoisotopic (exact) mass is 532 g/mol. The standard InChI is InChI=1S/C14H18N4O3.C8H19O2PS2/c1-3-4-9-15-13(19)18-11-8-6-5-7-10(11)16-12(18)17-14(20)21-2;1-4-7-12-11(9,10-6-3)13-8-5-2/h5-8H,3-4,9H2,1-2H3,(H,15,19)(H,16,17,20);4-8H2,1-3H3. The van der Waals surface area contributed by atoms with Crippen LogP contribution in [0.2, 0.25) is 0 Å². The molecule has 0 aliphatic carbocycles. The van der Waals surface area contributed by atoms with Gasteiger partial charge in [-0.3, -0.25) is 9.88 Å². The van der Waals surface area contributed by atoms with E-state index in [1.54, 1.807) is 12.1 Å². The van der Waals surface area contributed by atoms with Crippen LogP contribution < -0.4 is 10.6 Å². The Labute approximate surface area is 210 Å². The fourth-order valence-electron chi connectivity index (χ4n) is 2.58. The summed E-state index contributed by atoms with van der Waals surface area (Å²) in [6.45, 7) is 9.24. The minimum atomic E-state index is -2.42. The van der Waals surface area contributed by atoms with E-state index >= 15 is 0 Å². The summed E-state index contributed by atoms with van der Waals surface area (Å²) in [5.74, 6) is -0.434. The number of para-hydroxylation sites is 2. The summed E-state index contributed by atoms with van der Waals surface area (Å²) < 4.78 is 23.2. The van der Waals surface area contributed by atoms with Gasteiger partial charge in [0.1, 0.15) is 0 Å². The Morgan fingerprint density at radius 2 is 1.71 bits per heavy atom. The highest BCUT2D eigenvalue weighted by Crippen LogP contribution is 2.69. The van der Waals surface area contributed by atoms with Gasteiger partial charge in [0.25, 0.3) is 0 Å². The molecule has 12 heteroatoms. The molecule has 1 aromatic carbocycles. The van der Waals surface area contributed by atoms with Crippen LogP contribution in [0.25, 0.3) is 11.0 Å². The second kappa shape index (κ2) is 16.9. The van der Waals surface area contributed by atoms with E-state index in [9.17, 15) is 14.2 Å². The maximum Gasteiger partial charge on any atom is 0.413 e. The summed E-state index contributed by atoms with van der Waals surface area (Å²) in [5, 5.41) is 5.25. The van der Waals surface area contributed by atoms with Gasteiger partial charge in [-0.15, -0.1) is 0 Å².